The van der Waals surface area contributed by atoms with Gasteiger partial charge in [-0.05, 0) is 25.5 Å². The van der Waals surface area contributed by atoms with Gasteiger partial charge in [0.05, 0.1) is 0 Å². The molecule has 0 aliphatic rings. The summed E-state index contributed by atoms with van der Waals surface area (Å²) < 4.78 is 0. The lowest BCUT2D eigenvalue weighted by atomic mass is 10.1. The van der Waals surface area contributed by atoms with E-state index >= 15 is 0 Å². The van der Waals surface area contributed by atoms with Gasteiger partial charge in [0.2, 0.25) is 0 Å². The zero-order chi connectivity index (χ0) is 14.5. The highest BCUT2D eigenvalue weighted by molar-refractivity contribution is 7.98. The van der Waals surface area contributed by atoms with Gasteiger partial charge in [-0.3, -0.25) is 0 Å². The number of oxime groups is 1. The second kappa shape index (κ2) is 6.38. The number of nitrogens with zero attached hydrogens (tertiary/aromatic N) is 3. The Morgan fingerprint density at radius 1 is 1.30 bits per heavy atom. The van der Waals surface area contributed by atoms with E-state index in [1.807, 2.05) is 0 Å². The van der Waals surface area contributed by atoms with Crippen molar-refractivity contribution in [2.45, 2.75) is 24.8 Å². The summed E-state index contributed by atoms with van der Waals surface area (Å²) in [5.41, 5.74) is 9.64. The Bertz CT molecular complexity index is 623. The summed E-state index contributed by atoms with van der Waals surface area (Å²) in [6.45, 7) is 4.16. The van der Waals surface area contributed by atoms with Crippen LogP contribution in [0.25, 0.3) is 0 Å². The molecule has 0 saturated heterocycles. The van der Waals surface area contributed by atoms with Crippen LogP contribution in [0.15, 0.2) is 40.8 Å². The number of nitrogens with two attached hydrogens (primary N) is 1. The van der Waals surface area contributed by atoms with Gasteiger partial charge in [-0.2, -0.15) is 0 Å². The van der Waals surface area contributed by atoms with E-state index < -0.39 is 0 Å². The van der Waals surface area contributed by atoms with Crippen LogP contribution < -0.4 is 5.73 Å². The first-order chi connectivity index (χ1) is 9.58. The molecule has 0 amide bonds. The number of hydrogen-bond donors (Lipinski definition) is 2. The first-order valence-electron chi connectivity index (χ1n) is 6.09. The standard InChI is InChI=1S/C14H16N4OS/c1-9-5-10(2)7-11(6-9)8-20-14-16-4-3-12(17-14)13(15)18-19/h3-7,19H,8H2,1-2H3,(H2,15,18). The molecule has 0 unspecified atom stereocenters. The summed E-state index contributed by atoms with van der Waals surface area (Å²) in [5.74, 6) is 0.767. The highest BCUT2D eigenvalue weighted by atomic mass is 32.2. The Morgan fingerprint density at radius 2 is 2.00 bits per heavy atom. The third-order valence-electron chi connectivity index (χ3n) is 2.65. The first kappa shape index (κ1) is 14.3. The maximum atomic E-state index is 8.64. The second-order valence-corrected chi connectivity index (χ2v) is 5.44. The molecule has 2 rings (SSSR count). The minimum atomic E-state index is -0.0133. The van der Waals surface area contributed by atoms with E-state index in [2.05, 4.69) is 47.2 Å². The topological polar surface area (TPSA) is 84.4 Å². The van der Waals surface area contributed by atoms with Crippen LogP contribution in [0.5, 0.6) is 0 Å². The van der Waals surface area contributed by atoms with Gasteiger partial charge in [-0.15, -0.1) is 0 Å². The lowest BCUT2D eigenvalue weighted by Crippen LogP contribution is -2.15. The summed E-state index contributed by atoms with van der Waals surface area (Å²) >= 11 is 1.52. The van der Waals surface area contributed by atoms with Crippen LogP contribution in [0, 0.1) is 13.8 Å². The normalized spacial score (nSPS) is 11.6. The quantitative estimate of drug-likeness (QED) is 0.225. The van der Waals surface area contributed by atoms with E-state index in [4.69, 9.17) is 10.9 Å². The molecule has 1 heterocycles. The van der Waals surface area contributed by atoms with Crippen LogP contribution >= 0.6 is 11.8 Å². The molecule has 3 N–H and O–H groups in total. The summed E-state index contributed by atoms with van der Waals surface area (Å²) in [7, 11) is 0. The van der Waals surface area contributed by atoms with Gasteiger partial charge in [0, 0.05) is 11.9 Å². The molecule has 6 heteroatoms. The number of aromatic nitrogens is 2. The van der Waals surface area contributed by atoms with Crippen LogP contribution in [0.1, 0.15) is 22.4 Å². The molecule has 0 aliphatic carbocycles. The Labute approximate surface area is 121 Å². The maximum absolute atomic E-state index is 8.64. The van der Waals surface area contributed by atoms with E-state index in [9.17, 15) is 0 Å². The highest BCUT2D eigenvalue weighted by Gasteiger charge is 2.05. The molecule has 0 radical (unpaired) electrons. The van der Waals surface area contributed by atoms with Gasteiger partial charge >= 0.3 is 0 Å². The third-order valence-corrected chi connectivity index (χ3v) is 3.59. The molecule has 0 aliphatic heterocycles. The highest BCUT2D eigenvalue weighted by Crippen LogP contribution is 2.20. The summed E-state index contributed by atoms with van der Waals surface area (Å²) in [5, 5.41) is 12.2. The molecule has 0 atom stereocenters. The SMILES string of the molecule is Cc1cc(C)cc(CSc2nccc(/C(N)=N/O)n2)c1. The van der Waals surface area contributed by atoms with E-state index in [1.54, 1.807) is 12.3 Å². The molecular formula is C14H16N4OS. The fourth-order valence-electron chi connectivity index (χ4n) is 1.90. The van der Waals surface area contributed by atoms with Crippen molar-refractivity contribution in [3.63, 3.8) is 0 Å². The Morgan fingerprint density at radius 3 is 2.65 bits per heavy atom. The number of benzene rings is 1. The van der Waals surface area contributed by atoms with E-state index in [0.29, 0.717) is 10.9 Å². The number of thioether (sulfide) groups is 1. The average molecular weight is 288 g/mol. The molecule has 20 heavy (non-hydrogen) atoms. The molecule has 104 valence electrons. The van der Waals surface area contributed by atoms with E-state index in [1.165, 1.54) is 28.5 Å². The lowest BCUT2D eigenvalue weighted by molar-refractivity contribution is 0.318. The Hall–Kier alpha value is -2.08. The van der Waals surface area contributed by atoms with Crippen molar-refractivity contribution in [3.05, 3.63) is 52.8 Å². The van der Waals surface area contributed by atoms with Gasteiger partial charge in [-0.1, -0.05) is 46.2 Å². The molecule has 0 spiro atoms. The van der Waals surface area contributed by atoms with Gasteiger partial charge in [-0.25, -0.2) is 9.97 Å². The van der Waals surface area contributed by atoms with Crippen molar-refractivity contribution in [1.29, 1.82) is 0 Å². The molecule has 0 saturated carbocycles. The van der Waals surface area contributed by atoms with Crippen molar-refractivity contribution in [2.24, 2.45) is 10.9 Å². The number of hydrogen-bond acceptors (Lipinski definition) is 5. The minimum Gasteiger partial charge on any atom is -0.409 e. The predicted molar refractivity (Wildman–Crippen MR) is 80.0 cm³/mol. The third kappa shape index (κ3) is 3.71. The van der Waals surface area contributed by atoms with E-state index in [-0.39, 0.29) is 5.84 Å². The largest absolute Gasteiger partial charge is 0.409 e. The molecule has 0 fully saturated rings. The summed E-state index contributed by atoms with van der Waals surface area (Å²) in [6, 6.07) is 8.04. The molecule has 1 aromatic carbocycles. The summed E-state index contributed by atoms with van der Waals surface area (Å²) in [4.78, 5) is 8.42. The molecular weight excluding hydrogens is 272 g/mol. The fourth-order valence-corrected chi connectivity index (χ4v) is 2.67. The lowest BCUT2D eigenvalue weighted by Gasteiger charge is -2.05. The van der Waals surface area contributed by atoms with E-state index in [0.717, 1.165) is 5.75 Å². The van der Waals surface area contributed by atoms with Crippen LogP contribution in [0.4, 0.5) is 0 Å². The van der Waals surface area contributed by atoms with Crippen molar-refractivity contribution >= 4 is 17.6 Å². The Kier molecular flexibility index (Phi) is 4.57. The van der Waals surface area contributed by atoms with Crippen molar-refractivity contribution in [1.82, 2.24) is 9.97 Å². The zero-order valence-electron chi connectivity index (χ0n) is 11.4. The van der Waals surface area contributed by atoms with Crippen molar-refractivity contribution in [3.8, 4) is 0 Å². The number of rotatable bonds is 4. The fraction of sp³-hybridized carbons (Fsp3) is 0.214. The van der Waals surface area contributed by atoms with Crippen molar-refractivity contribution < 1.29 is 5.21 Å². The van der Waals surface area contributed by atoms with Crippen molar-refractivity contribution in [2.75, 3.05) is 0 Å². The molecule has 0 bridgehead atoms. The smallest absolute Gasteiger partial charge is 0.188 e. The zero-order valence-corrected chi connectivity index (χ0v) is 12.2. The van der Waals surface area contributed by atoms with Crippen LogP contribution in [-0.4, -0.2) is 21.0 Å². The Balaban J connectivity index is 2.11. The van der Waals surface area contributed by atoms with Gasteiger partial charge in [0.1, 0.15) is 5.69 Å². The average Bonchev–Trinajstić information content (AvgIpc) is 2.43. The predicted octanol–water partition coefficient (Wildman–Crippen LogP) is 2.48. The minimum absolute atomic E-state index is 0.0133. The monoisotopic (exact) mass is 288 g/mol. The summed E-state index contributed by atoms with van der Waals surface area (Å²) in [6.07, 6.45) is 1.60. The molecule has 2 aromatic rings. The maximum Gasteiger partial charge on any atom is 0.188 e. The second-order valence-electron chi connectivity index (χ2n) is 4.49. The van der Waals surface area contributed by atoms with Crippen LogP contribution in [-0.2, 0) is 5.75 Å². The first-order valence-corrected chi connectivity index (χ1v) is 7.08. The number of aryl methyl sites for hydroxylation is 2. The van der Waals surface area contributed by atoms with Crippen LogP contribution in [0.3, 0.4) is 0 Å². The molecule has 5 nitrogen and oxygen atoms in total. The number of amidine groups is 1. The molecule has 1 aromatic heterocycles. The van der Waals surface area contributed by atoms with Gasteiger partial charge < -0.3 is 10.9 Å². The van der Waals surface area contributed by atoms with Crippen LogP contribution in [0.2, 0.25) is 0 Å². The van der Waals surface area contributed by atoms with Gasteiger partial charge in [0.25, 0.3) is 0 Å². The van der Waals surface area contributed by atoms with Gasteiger partial charge in [0.15, 0.2) is 11.0 Å².